The first-order valence-electron chi connectivity index (χ1n) is 5.83. The van der Waals surface area contributed by atoms with Crippen molar-refractivity contribution in [2.24, 2.45) is 0 Å². The monoisotopic (exact) mass is 272 g/mol. The zero-order valence-electron chi connectivity index (χ0n) is 9.80. The predicted octanol–water partition coefficient (Wildman–Crippen LogP) is 2.46. The van der Waals surface area contributed by atoms with Gasteiger partial charge < -0.3 is 10.1 Å². The number of fused-ring (bicyclic) bond motifs is 2. The second kappa shape index (κ2) is 3.86. The van der Waals surface area contributed by atoms with Gasteiger partial charge in [0.05, 0.1) is 11.3 Å². The van der Waals surface area contributed by atoms with E-state index in [9.17, 15) is 18.0 Å². The lowest BCUT2D eigenvalue weighted by molar-refractivity contribution is -0.137. The van der Waals surface area contributed by atoms with Gasteiger partial charge in [0, 0.05) is 18.5 Å². The van der Waals surface area contributed by atoms with Crippen LogP contribution in [0.15, 0.2) is 18.2 Å². The molecule has 1 unspecified atom stereocenters. The van der Waals surface area contributed by atoms with Crippen LogP contribution in [0.2, 0.25) is 0 Å². The summed E-state index contributed by atoms with van der Waals surface area (Å²) >= 11 is 0. The van der Waals surface area contributed by atoms with E-state index in [1.807, 2.05) is 0 Å². The molecule has 7 heteroatoms. The number of nitrogens with one attached hydrogen (secondary N) is 2. The molecule has 2 N–H and O–H groups in total. The highest BCUT2D eigenvalue weighted by atomic mass is 19.4. The number of carbonyl (C=O) groups excluding carboxylic acids is 1. The molecule has 0 radical (unpaired) electrons. The van der Waals surface area contributed by atoms with Crippen molar-refractivity contribution >= 4 is 11.8 Å². The fourth-order valence-electron chi connectivity index (χ4n) is 2.58. The van der Waals surface area contributed by atoms with E-state index >= 15 is 0 Å². The molecule has 2 aliphatic heterocycles. The molecule has 102 valence electrons. The summed E-state index contributed by atoms with van der Waals surface area (Å²) in [6, 6.07) is 3.35. The van der Waals surface area contributed by atoms with Gasteiger partial charge in [0.2, 0.25) is 0 Å². The molecule has 2 aliphatic rings. The molecule has 1 amide bonds. The smallest absolute Gasteiger partial charge is 0.416 e. The molecule has 3 rings (SSSR count). The van der Waals surface area contributed by atoms with Crippen molar-refractivity contribution in [3.63, 3.8) is 0 Å². The van der Waals surface area contributed by atoms with Crippen molar-refractivity contribution in [3.8, 4) is 0 Å². The molecule has 1 aromatic rings. The van der Waals surface area contributed by atoms with E-state index in [0.29, 0.717) is 25.1 Å². The lowest BCUT2D eigenvalue weighted by atomic mass is 9.89. The molecule has 1 saturated heterocycles. The Hall–Kier alpha value is -1.76. The highest BCUT2D eigenvalue weighted by Gasteiger charge is 2.45. The van der Waals surface area contributed by atoms with Crippen LogP contribution in [0.3, 0.4) is 0 Å². The summed E-state index contributed by atoms with van der Waals surface area (Å²) in [5, 5.41) is 5.40. The van der Waals surface area contributed by atoms with Crippen LogP contribution in [-0.4, -0.2) is 19.2 Å². The number of amides is 1. The van der Waals surface area contributed by atoms with E-state index in [1.54, 1.807) is 0 Å². The summed E-state index contributed by atoms with van der Waals surface area (Å²) in [4.78, 5) is 11.5. The topological polar surface area (TPSA) is 50.4 Å². The molecule has 2 heterocycles. The van der Waals surface area contributed by atoms with Crippen molar-refractivity contribution in [1.29, 1.82) is 0 Å². The molecule has 0 aliphatic carbocycles. The SMILES string of the molecule is O=C1Nc2cc(C(F)(F)F)ccc2C2(CCNC2)O1. The molecular weight excluding hydrogens is 261 g/mol. The lowest BCUT2D eigenvalue weighted by Gasteiger charge is -2.35. The first-order valence-corrected chi connectivity index (χ1v) is 5.83. The summed E-state index contributed by atoms with van der Waals surface area (Å²) in [6.45, 7) is 1.08. The Bertz CT molecular complexity index is 536. The minimum atomic E-state index is -4.43. The maximum Gasteiger partial charge on any atom is 0.416 e. The van der Waals surface area contributed by atoms with Crippen molar-refractivity contribution < 1.29 is 22.7 Å². The molecular formula is C12H11F3N2O2. The number of anilines is 1. The number of ether oxygens (including phenoxy) is 1. The quantitative estimate of drug-likeness (QED) is 0.762. The Labute approximate surface area is 106 Å². The highest BCUT2D eigenvalue weighted by Crippen LogP contribution is 2.42. The molecule has 4 nitrogen and oxygen atoms in total. The molecule has 1 atom stereocenters. The summed E-state index contributed by atoms with van der Waals surface area (Å²) in [5.41, 5.74) is -0.864. The standard InChI is InChI=1S/C12H11F3N2O2/c13-12(14,15)7-1-2-8-9(5-7)17-10(18)19-11(8)3-4-16-6-11/h1-2,5,16H,3-4,6H2,(H,17,18). The minimum absolute atomic E-state index is 0.176. The highest BCUT2D eigenvalue weighted by molar-refractivity contribution is 5.89. The van der Waals surface area contributed by atoms with E-state index < -0.39 is 23.4 Å². The van der Waals surface area contributed by atoms with Gasteiger partial charge in [-0.3, -0.25) is 5.32 Å². The number of rotatable bonds is 0. The molecule has 0 bridgehead atoms. The van der Waals surface area contributed by atoms with Crippen LogP contribution in [0, 0.1) is 0 Å². The summed E-state index contributed by atoms with van der Waals surface area (Å²) < 4.78 is 43.3. The maximum absolute atomic E-state index is 12.7. The van der Waals surface area contributed by atoms with Gasteiger partial charge in [0.25, 0.3) is 0 Å². The van der Waals surface area contributed by atoms with Gasteiger partial charge in [0.15, 0.2) is 5.60 Å². The van der Waals surface area contributed by atoms with Gasteiger partial charge in [-0.1, -0.05) is 6.07 Å². The summed E-state index contributed by atoms with van der Waals surface area (Å²) in [6.07, 6.45) is -4.59. The Morgan fingerprint density at radius 2 is 2.11 bits per heavy atom. The van der Waals surface area contributed by atoms with Gasteiger partial charge in [-0.15, -0.1) is 0 Å². The Balaban J connectivity index is 2.10. The van der Waals surface area contributed by atoms with Crippen molar-refractivity contribution in [1.82, 2.24) is 5.32 Å². The van der Waals surface area contributed by atoms with Crippen molar-refractivity contribution in [3.05, 3.63) is 29.3 Å². The first kappa shape index (κ1) is 12.3. The second-order valence-electron chi connectivity index (χ2n) is 4.69. The zero-order valence-corrected chi connectivity index (χ0v) is 9.80. The van der Waals surface area contributed by atoms with Gasteiger partial charge in [-0.2, -0.15) is 13.2 Å². The van der Waals surface area contributed by atoms with Crippen molar-refractivity contribution in [2.75, 3.05) is 18.4 Å². The van der Waals surface area contributed by atoms with Gasteiger partial charge in [-0.25, -0.2) is 4.79 Å². The largest absolute Gasteiger partial charge is 0.436 e. The first-order chi connectivity index (χ1) is 8.91. The fraction of sp³-hybridized carbons (Fsp3) is 0.417. The number of hydrogen-bond donors (Lipinski definition) is 2. The van der Waals surface area contributed by atoms with Crippen LogP contribution < -0.4 is 10.6 Å². The number of hydrogen-bond acceptors (Lipinski definition) is 3. The Kier molecular flexibility index (Phi) is 2.50. The number of carbonyl (C=O) groups is 1. The van der Waals surface area contributed by atoms with Gasteiger partial charge >= 0.3 is 12.3 Å². The third-order valence-corrected chi connectivity index (χ3v) is 3.48. The molecule has 1 aromatic carbocycles. The lowest BCUT2D eigenvalue weighted by Crippen LogP contribution is -2.41. The van der Waals surface area contributed by atoms with E-state index in [2.05, 4.69) is 10.6 Å². The van der Waals surface area contributed by atoms with Crippen LogP contribution in [-0.2, 0) is 16.5 Å². The zero-order chi connectivity index (χ0) is 13.7. The van der Waals surface area contributed by atoms with E-state index in [-0.39, 0.29) is 5.69 Å². The molecule has 19 heavy (non-hydrogen) atoms. The average Bonchev–Trinajstić information content (AvgIpc) is 2.76. The second-order valence-corrected chi connectivity index (χ2v) is 4.69. The Morgan fingerprint density at radius 1 is 1.32 bits per heavy atom. The van der Waals surface area contributed by atoms with Gasteiger partial charge in [0.1, 0.15) is 0 Å². The molecule has 0 aromatic heterocycles. The Morgan fingerprint density at radius 3 is 2.74 bits per heavy atom. The maximum atomic E-state index is 12.7. The van der Waals surface area contributed by atoms with Crippen molar-refractivity contribution in [2.45, 2.75) is 18.2 Å². The fourth-order valence-corrected chi connectivity index (χ4v) is 2.58. The summed E-state index contributed by atoms with van der Waals surface area (Å²) in [7, 11) is 0. The number of halogens is 3. The molecule has 1 spiro atoms. The number of alkyl halides is 3. The molecule has 1 fully saturated rings. The van der Waals surface area contributed by atoms with E-state index in [0.717, 1.165) is 12.1 Å². The van der Waals surface area contributed by atoms with Crippen LogP contribution >= 0.6 is 0 Å². The summed E-state index contributed by atoms with van der Waals surface area (Å²) in [5.74, 6) is 0. The van der Waals surface area contributed by atoms with Gasteiger partial charge in [-0.05, 0) is 18.7 Å². The molecule has 0 saturated carbocycles. The van der Waals surface area contributed by atoms with Crippen LogP contribution in [0.25, 0.3) is 0 Å². The average molecular weight is 272 g/mol. The predicted molar refractivity (Wildman–Crippen MR) is 60.7 cm³/mol. The van der Waals surface area contributed by atoms with Crippen LogP contribution in [0.4, 0.5) is 23.7 Å². The third-order valence-electron chi connectivity index (χ3n) is 3.48. The van der Waals surface area contributed by atoms with E-state index in [1.165, 1.54) is 6.07 Å². The van der Waals surface area contributed by atoms with Crippen LogP contribution in [0.1, 0.15) is 17.5 Å². The minimum Gasteiger partial charge on any atom is -0.436 e. The third kappa shape index (κ3) is 1.94. The normalized spacial score (nSPS) is 25.9. The van der Waals surface area contributed by atoms with Crippen LogP contribution in [0.5, 0.6) is 0 Å². The number of benzene rings is 1. The van der Waals surface area contributed by atoms with E-state index in [4.69, 9.17) is 4.74 Å².